The Hall–Kier alpha value is -3.58. The summed E-state index contributed by atoms with van der Waals surface area (Å²) in [5, 5.41) is 4.85. The molecule has 7 rings (SSSR count). The van der Waals surface area contributed by atoms with Crippen LogP contribution in [0.3, 0.4) is 0 Å². The molecule has 0 unspecified atom stereocenters. The Balaban J connectivity index is 1.23. The summed E-state index contributed by atoms with van der Waals surface area (Å²) in [5.41, 5.74) is 9.01. The lowest BCUT2D eigenvalue weighted by molar-refractivity contribution is 0.0733. The molecule has 0 radical (unpaired) electrons. The second-order valence-corrected chi connectivity index (χ2v) is 10.5. The first kappa shape index (κ1) is 21.7. The van der Waals surface area contributed by atoms with Crippen LogP contribution in [0.2, 0.25) is 0 Å². The summed E-state index contributed by atoms with van der Waals surface area (Å²) in [7, 11) is 0. The molecule has 1 saturated heterocycles. The van der Waals surface area contributed by atoms with Crippen molar-refractivity contribution < 1.29 is 4.79 Å². The van der Waals surface area contributed by atoms with Crippen molar-refractivity contribution in [2.24, 2.45) is 0 Å². The molecule has 36 heavy (non-hydrogen) atoms. The topological polar surface area (TPSA) is 86.8 Å². The Morgan fingerprint density at radius 2 is 1.89 bits per heavy atom. The fourth-order valence-electron chi connectivity index (χ4n) is 5.77. The summed E-state index contributed by atoms with van der Waals surface area (Å²) in [6.07, 6.45) is 12.9. The number of carbonyl (C=O) groups excluding carboxylic acids is 1. The van der Waals surface area contributed by atoms with E-state index in [2.05, 4.69) is 50.4 Å². The van der Waals surface area contributed by atoms with Crippen LogP contribution in [0.4, 0.5) is 0 Å². The molecule has 3 aliphatic rings. The standard InChI is InChI=1S/C29H30N6O/c1-17-12-31-28-23(17)11-21(13-34-28)20-9-19-6-8-35(16-25(19)24(10-20)26-3-2-7-30-26)29(36)22-14-32-27(33-15-22)18-4-5-18/h9-15,18,26,30H,2-8,16H2,1H3,(H,31,34)/t26-/m0/s1. The van der Waals surface area contributed by atoms with Crippen molar-refractivity contribution in [2.45, 2.75) is 57.5 Å². The maximum atomic E-state index is 13.4. The molecule has 3 aromatic heterocycles. The van der Waals surface area contributed by atoms with Crippen LogP contribution in [0.25, 0.3) is 22.2 Å². The number of H-pyrrole nitrogens is 1. The molecule has 7 heteroatoms. The number of nitrogens with one attached hydrogen (secondary N) is 2. The van der Waals surface area contributed by atoms with Gasteiger partial charge in [-0.05, 0) is 85.5 Å². The van der Waals surface area contributed by atoms with E-state index in [9.17, 15) is 4.79 Å². The molecule has 1 atom stereocenters. The summed E-state index contributed by atoms with van der Waals surface area (Å²) in [5.74, 6) is 1.39. The van der Waals surface area contributed by atoms with Gasteiger partial charge in [0.2, 0.25) is 0 Å². The number of hydrogen-bond acceptors (Lipinski definition) is 5. The van der Waals surface area contributed by atoms with Crippen molar-refractivity contribution in [2.75, 3.05) is 13.1 Å². The van der Waals surface area contributed by atoms with Gasteiger partial charge in [0.25, 0.3) is 5.91 Å². The van der Waals surface area contributed by atoms with Gasteiger partial charge >= 0.3 is 0 Å². The van der Waals surface area contributed by atoms with Crippen LogP contribution in [0.15, 0.2) is 43.0 Å². The second kappa shape index (κ2) is 8.52. The Morgan fingerprint density at radius 1 is 1.03 bits per heavy atom. The average molecular weight is 479 g/mol. The van der Waals surface area contributed by atoms with E-state index in [1.54, 1.807) is 12.4 Å². The second-order valence-electron chi connectivity index (χ2n) is 10.5. The molecular weight excluding hydrogens is 448 g/mol. The van der Waals surface area contributed by atoms with Crippen molar-refractivity contribution in [3.8, 4) is 11.1 Å². The molecule has 5 heterocycles. The first-order valence-corrected chi connectivity index (χ1v) is 13.1. The van der Waals surface area contributed by atoms with E-state index in [0.29, 0.717) is 30.6 Å². The van der Waals surface area contributed by atoms with Crippen molar-refractivity contribution in [1.82, 2.24) is 30.2 Å². The molecular formula is C29H30N6O. The molecule has 0 spiro atoms. The lowest BCUT2D eigenvalue weighted by Crippen LogP contribution is -2.37. The lowest BCUT2D eigenvalue weighted by Gasteiger charge is -2.32. The molecule has 2 N–H and O–H groups in total. The van der Waals surface area contributed by atoms with Gasteiger partial charge in [-0.15, -0.1) is 0 Å². The molecule has 2 fully saturated rings. The van der Waals surface area contributed by atoms with E-state index in [1.807, 2.05) is 17.3 Å². The van der Waals surface area contributed by atoms with Gasteiger partial charge < -0.3 is 15.2 Å². The molecule has 4 aromatic rings. The maximum absolute atomic E-state index is 13.4. The highest BCUT2D eigenvalue weighted by Gasteiger charge is 2.30. The zero-order chi connectivity index (χ0) is 24.2. The number of aromatic amines is 1. The van der Waals surface area contributed by atoms with Crippen LogP contribution in [0.5, 0.6) is 0 Å². The molecule has 2 aliphatic heterocycles. The quantitative estimate of drug-likeness (QED) is 0.439. The van der Waals surface area contributed by atoms with Crippen LogP contribution in [0, 0.1) is 6.92 Å². The number of amides is 1. The summed E-state index contributed by atoms with van der Waals surface area (Å²) < 4.78 is 0. The van der Waals surface area contributed by atoms with Crippen molar-refractivity contribution in [1.29, 1.82) is 0 Å². The molecule has 182 valence electrons. The van der Waals surface area contributed by atoms with Crippen LogP contribution in [-0.2, 0) is 13.0 Å². The first-order valence-electron chi connectivity index (χ1n) is 13.1. The largest absolute Gasteiger partial charge is 0.346 e. The summed E-state index contributed by atoms with van der Waals surface area (Å²) in [6, 6.07) is 7.20. The maximum Gasteiger partial charge on any atom is 0.257 e. The van der Waals surface area contributed by atoms with Gasteiger partial charge in [0.05, 0.1) is 5.56 Å². The third-order valence-electron chi connectivity index (χ3n) is 8.03. The number of carbonyl (C=O) groups is 1. The Morgan fingerprint density at radius 3 is 2.67 bits per heavy atom. The van der Waals surface area contributed by atoms with E-state index in [0.717, 1.165) is 54.6 Å². The fraction of sp³-hybridized carbons (Fsp3) is 0.379. The third-order valence-corrected chi connectivity index (χ3v) is 8.03. The normalized spacial score (nSPS) is 19.6. The number of aromatic nitrogens is 4. The van der Waals surface area contributed by atoms with Gasteiger partial charge in [0, 0.05) is 60.8 Å². The van der Waals surface area contributed by atoms with Crippen molar-refractivity contribution in [3.05, 3.63) is 76.6 Å². The zero-order valence-electron chi connectivity index (χ0n) is 20.6. The minimum Gasteiger partial charge on any atom is -0.346 e. The van der Waals surface area contributed by atoms with Gasteiger partial charge in [-0.2, -0.15) is 0 Å². The fourth-order valence-corrected chi connectivity index (χ4v) is 5.77. The number of pyridine rings is 1. The third kappa shape index (κ3) is 3.78. The number of rotatable bonds is 4. The first-order chi connectivity index (χ1) is 17.6. The smallest absolute Gasteiger partial charge is 0.257 e. The van der Waals surface area contributed by atoms with Crippen molar-refractivity contribution >= 4 is 16.9 Å². The predicted molar refractivity (Wildman–Crippen MR) is 139 cm³/mol. The number of fused-ring (bicyclic) bond motifs is 2. The summed E-state index contributed by atoms with van der Waals surface area (Å²) >= 11 is 0. The monoisotopic (exact) mass is 478 g/mol. The average Bonchev–Trinajstić information content (AvgIpc) is 3.50. The number of nitrogens with zero attached hydrogens (tertiary/aromatic N) is 4. The number of hydrogen-bond donors (Lipinski definition) is 2. The minimum atomic E-state index is 0.0231. The van der Waals surface area contributed by atoms with E-state index in [-0.39, 0.29) is 5.91 Å². The highest BCUT2D eigenvalue weighted by Crippen LogP contribution is 2.38. The Bertz CT molecular complexity index is 1460. The molecule has 7 nitrogen and oxygen atoms in total. The molecule has 1 saturated carbocycles. The van der Waals surface area contributed by atoms with Crippen LogP contribution in [0.1, 0.15) is 76.1 Å². The van der Waals surface area contributed by atoms with Crippen molar-refractivity contribution in [3.63, 3.8) is 0 Å². The van der Waals surface area contributed by atoms with Crippen LogP contribution >= 0.6 is 0 Å². The SMILES string of the molecule is Cc1c[nH]c2ncc(-c3cc4c(c([C@@H]5CCCN5)c3)CN(C(=O)c3cnc(C5CC5)nc3)CC4)cc12. The van der Waals surface area contributed by atoms with Gasteiger partial charge in [0.1, 0.15) is 11.5 Å². The van der Waals surface area contributed by atoms with E-state index in [1.165, 1.54) is 34.2 Å². The molecule has 1 amide bonds. The van der Waals surface area contributed by atoms with E-state index < -0.39 is 0 Å². The molecule has 1 aromatic carbocycles. The molecule has 0 bridgehead atoms. The number of aryl methyl sites for hydroxylation is 1. The van der Waals surface area contributed by atoms with E-state index in [4.69, 9.17) is 0 Å². The van der Waals surface area contributed by atoms with Gasteiger partial charge in [-0.3, -0.25) is 4.79 Å². The van der Waals surface area contributed by atoms with Crippen LogP contribution < -0.4 is 5.32 Å². The summed E-state index contributed by atoms with van der Waals surface area (Å²) in [6.45, 7) is 4.47. The number of benzene rings is 1. The van der Waals surface area contributed by atoms with Gasteiger partial charge in [-0.25, -0.2) is 15.0 Å². The Labute approximate surface area is 210 Å². The predicted octanol–water partition coefficient (Wildman–Crippen LogP) is 4.83. The highest BCUT2D eigenvalue weighted by atomic mass is 16.2. The van der Waals surface area contributed by atoms with Gasteiger partial charge in [-0.1, -0.05) is 6.07 Å². The Kier molecular flexibility index (Phi) is 5.13. The van der Waals surface area contributed by atoms with Gasteiger partial charge in [0.15, 0.2) is 0 Å². The lowest BCUT2D eigenvalue weighted by atomic mass is 9.87. The summed E-state index contributed by atoms with van der Waals surface area (Å²) in [4.78, 5) is 32.2. The zero-order valence-corrected chi connectivity index (χ0v) is 20.6. The van der Waals surface area contributed by atoms with E-state index >= 15 is 0 Å². The highest BCUT2D eigenvalue weighted by molar-refractivity contribution is 5.94. The molecule has 1 aliphatic carbocycles. The minimum absolute atomic E-state index is 0.0231. The van der Waals surface area contributed by atoms with Crippen LogP contribution in [-0.4, -0.2) is 43.8 Å².